The molecule has 0 aliphatic heterocycles. The summed E-state index contributed by atoms with van der Waals surface area (Å²) in [6, 6.07) is 5.21. The van der Waals surface area contributed by atoms with Gasteiger partial charge in [-0.3, -0.25) is 4.79 Å². The number of rotatable bonds is 1. The van der Waals surface area contributed by atoms with Crippen LogP contribution in [0.1, 0.15) is 31.1 Å². The molecule has 1 N–H and O–H groups in total. The van der Waals surface area contributed by atoms with E-state index in [2.05, 4.69) is 10.3 Å². The van der Waals surface area contributed by atoms with Crippen molar-refractivity contribution >= 4 is 17.0 Å². The van der Waals surface area contributed by atoms with E-state index in [4.69, 9.17) is 4.42 Å². The molecule has 0 bridgehead atoms. The molecule has 1 amide bonds. The Balaban J connectivity index is 2.29. The lowest BCUT2D eigenvalue weighted by molar-refractivity contribution is 0.0919. The van der Waals surface area contributed by atoms with Crippen LogP contribution in [0.5, 0.6) is 0 Å². The van der Waals surface area contributed by atoms with Gasteiger partial charge in [0.25, 0.3) is 5.91 Å². The molecule has 1 aromatic heterocycles. The van der Waals surface area contributed by atoms with Crippen LogP contribution in [0.25, 0.3) is 11.1 Å². The molecule has 0 unspecified atom stereocenters. The van der Waals surface area contributed by atoms with Crippen LogP contribution in [0.3, 0.4) is 0 Å². The zero-order valence-corrected chi connectivity index (χ0v) is 9.57. The van der Waals surface area contributed by atoms with Gasteiger partial charge in [-0.15, -0.1) is 0 Å². The van der Waals surface area contributed by atoms with Crippen molar-refractivity contribution in [3.05, 3.63) is 30.2 Å². The fourth-order valence-corrected chi connectivity index (χ4v) is 1.41. The van der Waals surface area contributed by atoms with Gasteiger partial charge in [0.1, 0.15) is 5.52 Å². The summed E-state index contributed by atoms with van der Waals surface area (Å²) < 4.78 is 5.15. The highest BCUT2D eigenvalue weighted by Gasteiger charge is 2.15. The van der Waals surface area contributed by atoms with Crippen molar-refractivity contribution in [1.29, 1.82) is 0 Å². The summed E-state index contributed by atoms with van der Waals surface area (Å²) in [7, 11) is 0. The monoisotopic (exact) mass is 218 g/mol. The molecule has 1 aromatic carbocycles. The van der Waals surface area contributed by atoms with Crippen LogP contribution in [0.2, 0.25) is 0 Å². The van der Waals surface area contributed by atoms with Gasteiger partial charge < -0.3 is 9.73 Å². The molecule has 2 rings (SSSR count). The van der Waals surface area contributed by atoms with E-state index in [1.54, 1.807) is 18.2 Å². The second kappa shape index (κ2) is 3.63. The number of oxazole rings is 1. The van der Waals surface area contributed by atoms with Crippen molar-refractivity contribution in [3.63, 3.8) is 0 Å². The molecule has 0 aliphatic carbocycles. The van der Waals surface area contributed by atoms with Gasteiger partial charge >= 0.3 is 0 Å². The molecule has 0 radical (unpaired) electrons. The lowest BCUT2D eigenvalue weighted by Gasteiger charge is -2.20. The molecule has 16 heavy (non-hydrogen) atoms. The van der Waals surface area contributed by atoms with E-state index in [0.717, 1.165) is 5.52 Å². The number of fused-ring (bicyclic) bond motifs is 1. The summed E-state index contributed by atoms with van der Waals surface area (Å²) in [4.78, 5) is 15.8. The topological polar surface area (TPSA) is 55.1 Å². The van der Waals surface area contributed by atoms with Gasteiger partial charge in [-0.2, -0.15) is 0 Å². The quantitative estimate of drug-likeness (QED) is 0.799. The molecule has 0 saturated carbocycles. The van der Waals surface area contributed by atoms with Crippen LogP contribution in [0, 0.1) is 0 Å². The summed E-state index contributed by atoms with van der Waals surface area (Å²) >= 11 is 0. The lowest BCUT2D eigenvalue weighted by Crippen LogP contribution is -2.40. The van der Waals surface area contributed by atoms with Gasteiger partial charge in [0.2, 0.25) is 0 Å². The van der Waals surface area contributed by atoms with Crippen molar-refractivity contribution in [1.82, 2.24) is 10.3 Å². The average molecular weight is 218 g/mol. The van der Waals surface area contributed by atoms with Crippen LogP contribution in [0.4, 0.5) is 0 Å². The molecular weight excluding hydrogens is 204 g/mol. The smallest absolute Gasteiger partial charge is 0.251 e. The minimum absolute atomic E-state index is 0.106. The van der Waals surface area contributed by atoms with Gasteiger partial charge in [0.15, 0.2) is 12.0 Å². The SMILES string of the molecule is CC(C)(C)NC(=O)c1ccc2ncoc2c1. The fraction of sp³-hybridized carbons (Fsp3) is 0.333. The Morgan fingerprint density at radius 2 is 2.12 bits per heavy atom. The second-order valence-corrected chi connectivity index (χ2v) is 4.74. The summed E-state index contributed by atoms with van der Waals surface area (Å²) in [5, 5.41) is 2.89. The fourth-order valence-electron chi connectivity index (χ4n) is 1.41. The number of benzene rings is 1. The van der Waals surface area contributed by atoms with Gasteiger partial charge in [-0.25, -0.2) is 4.98 Å². The second-order valence-electron chi connectivity index (χ2n) is 4.74. The van der Waals surface area contributed by atoms with Crippen molar-refractivity contribution in [2.75, 3.05) is 0 Å². The number of hydrogen-bond acceptors (Lipinski definition) is 3. The van der Waals surface area contributed by atoms with Crippen LogP contribution in [-0.2, 0) is 0 Å². The van der Waals surface area contributed by atoms with E-state index in [9.17, 15) is 4.79 Å². The highest BCUT2D eigenvalue weighted by atomic mass is 16.3. The Morgan fingerprint density at radius 3 is 2.81 bits per heavy atom. The van der Waals surface area contributed by atoms with Crippen LogP contribution in [0.15, 0.2) is 29.0 Å². The molecular formula is C12H14N2O2. The third-order valence-corrected chi connectivity index (χ3v) is 2.08. The Bertz CT molecular complexity index is 523. The summed E-state index contributed by atoms with van der Waals surface area (Å²) in [5.41, 5.74) is 1.72. The van der Waals surface area contributed by atoms with Crippen molar-refractivity contribution in [2.24, 2.45) is 0 Å². The van der Waals surface area contributed by atoms with Gasteiger partial charge in [-0.1, -0.05) is 0 Å². The number of carbonyl (C=O) groups is 1. The van der Waals surface area contributed by atoms with E-state index < -0.39 is 0 Å². The molecule has 84 valence electrons. The average Bonchev–Trinajstić information content (AvgIpc) is 2.61. The normalized spacial score (nSPS) is 11.7. The zero-order valence-electron chi connectivity index (χ0n) is 9.57. The maximum Gasteiger partial charge on any atom is 0.251 e. The largest absolute Gasteiger partial charge is 0.443 e. The predicted octanol–water partition coefficient (Wildman–Crippen LogP) is 2.36. The number of hydrogen-bond donors (Lipinski definition) is 1. The number of aromatic nitrogens is 1. The van der Waals surface area contributed by atoms with Gasteiger partial charge in [0, 0.05) is 11.1 Å². The minimum Gasteiger partial charge on any atom is -0.443 e. The number of nitrogens with zero attached hydrogens (tertiary/aromatic N) is 1. The predicted molar refractivity (Wildman–Crippen MR) is 61.2 cm³/mol. The summed E-state index contributed by atoms with van der Waals surface area (Å²) in [5.74, 6) is -0.106. The Hall–Kier alpha value is -1.84. The standard InChI is InChI=1S/C12H14N2O2/c1-12(2,3)14-11(15)8-4-5-9-10(6-8)16-7-13-9/h4-7H,1-3H3,(H,14,15). The van der Waals surface area contributed by atoms with Crippen LogP contribution >= 0.6 is 0 Å². The van der Waals surface area contributed by atoms with Crippen molar-refractivity contribution < 1.29 is 9.21 Å². The summed E-state index contributed by atoms with van der Waals surface area (Å²) in [6.07, 6.45) is 1.37. The third kappa shape index (κ3) is 2.21. The molecule has 0 spiro atoms. The highest BCUT2D eigenvalue weighted by Crippen LogP contribution is 2.14. The van der Waals surface area contributed by atoms with E-state index in [1.807, 2.05) is 20.8 Å². The first-order valence-electron chi connectivity index (χ1n) is 5.11. The molecule has 0 saturated heterocycles. The Kier molecular flexibility index (Phi) is 2.42. The number of nitrogens with one attached hydrogen (secondary N) is 1. The lowest BCUT2D eigenvalue weighted by atomic mass is 10.1. The summed E-state index contributed by atoms with van der Waals surface area (Å²) in [6.45, 7) is 5.83. The van der Waals surface area contributed by atoms with Gasteiger partial charge in [0.05, 0.1) is 0 Å². The number of carbonyl (C=O) groups excluding carboxylic acids is 1. The minimum atomic E-state index is -0.243. The molecule has 0 aliphatic rings. The van der Waals surface area contributed by atoms with Gasteiger partial charge in [-0.05, 0) is 39.0 Å². The van der Waals surface area contributed by atoms with Crippen molar-refractivity contribution in [2.45, 2.75) is 26.3 Å². The van der Waals surface area contributed by atoms with E-state index in [-0.39, 0.29) is 11.4 Å². The van der Waals surface area contributed by atoms with E-state index in [1.165, 1.54) is 6.39 Å². The van der Waals surface area contributed by atoms with E-state index >= 15 is 0 Å². The first kappa shape index (κ1) is 10.7. The highest BCUT2D eigenvalue weighted by molar-refractivity contribution is 5.97. The molecule has 1 heterocycles. The molecule has 4 nitrogen and oxygen atoms in total. The molecule has 0 fully saturated rings. The van der Waals surface area contributed by atoms with Crippen molar-refractivity contribution in [3.8, 4) is 0 Å². The first-order chi connectivity index (χ1) is 7.46. The Labute approximate surface area is 93.7 Å². The van der Waals surface area contributed by atoms with Crippen LogP contribution in [-0.4, -0.2) is 16.4 Å². The first-order valence-corrected chi connectivity index (χ1v) is 5.11. The molecule has 4 heteroatoms. The number of amides is 1. The van der Waals surface area contributed by atoms with Crippen LogP contribution < -0.4 is 5.32 Å². The maximum atomic E-state index is 11.9. The van der Waals surface area contributed by atoms with E-state index in [0.29, 0.717) is 11.1 Å². The zero-order chi connectivity index (χ0) is 11.8. The molecule has 0 atom stereocenters. The Morgan fingerprint density at radius 1 is 1.38 bits per heavy atom. The maximum absolute atomic E-state index is 11.9. The third-order valence-electron chi connectivity index (χ3n) is 2.08. The molecule has 2 aromatic rings.